The number of aryl methyl sites for hydroxylation is 1. The first kappa shape index (κ1) is 18.3. The maximum Gasteiger partial charge on any atom is 0.269 e. The van der Waals surface area contributed by atoms with Crippen LogP contribution in [0.1, 0.15) is 18.2 Å². The number of hydrogen-bond donors (Lipinski definition) is 2. The molecule has 2 N–H and O–H groups in total. The highest BCUT2D eigenvalue weighted by Crippen LogP contribution is 2.25. The van der Waals surface area contributed by atoms with Crippen molar-refractivity contribution in [3.05, 3.63) is 49.9 Å². The Labute approximate surface area is 152 Å². The lowest BCUT2D eigenvalue weighted by Gasteiger charge is -2.08. The average molecular weight is 383 g/mol. The number of carbonyl (C=O) groups is 1. The highest BCUT2D eigenvalue weighted by molar-refractivity contribution is 7.99. The summed E-state index contributed by atoms with van der Waals surface area (Å²) in [6, 6.07) is 6.57. The summed E-state index contributed by atoms with van der Waals surface area (Å²) in [4.78, 5) is 30.5. The van der Waals surface area contributed by atoms with Gasteiger partial charge in [0.05, 0.1) is 22.2 Å². The Morgan fingerprint density at radius 2 is 2.21 bits per heavy atom. The lowest BCUT2D eigenvalue weighted by Crippen LogP contribution is -2.18. The molecule has 24 heavy (non-hydrogen) atoms. The van der Waals surface area contributed by atoms with Crippen LogP contribution in [0.15, 0.2) is 28.2 Å². The molecule has 0 spiro atoms. The highest BCUT2D eigenvalue weighted by Gasteiger charge is 2.12. The molecule has 1 amide bonds. The number of nitriles is 1. The molecule has 2 aromatic rings. The van der Waals surface area contributed by atoms with E-state index in [0.717, 1.165) is 11.8 Å². The summed E-state index contributed by atoms with van der Waals surface area (Å²) in [5.41, 5.74) is 0.300. The van der Waals surface area contributed by atoms with E-state index in [1.807, 2.05) is 6.07 Å². The third-order valence-electron chi connectivity index (χ3n) is 2.96. The third-order valence-corrected chi connectivity index (χ3v) is 4.40. The van der Waals surface area contributed by atoms with E-state index < -0.39 is 5.56 Å². The summed E-state index contributed by atoms with van der Waals surface area (Å²) in [7, 11) is 0. The molecule has 1 aromatic carbocycles. The second-order valence-electron chi connectivity index (χ2n) is 4.62. The molecule has 0 fully saturated rings. The maximum absolute atomic E-state index is 12.0. The minimum atomic E-state index is -0.509. The van der Waals surface area contributed by atoms with Gasteiger partial charge in [0, 0.05) is 5.02 Å². The van der Waals surface area contributed by atoms with Crippen LogP contribution in [0.25, 0.3) is 0 Å². The molecule has 0 saturated heterocycles. The molecule has 0 saturated carbocycles. The molecular weight excluding hydrogens is 371 g/mol. The summed E-state index contributed by atoms with van der Waals surface area (Å²) in [5, 5.41) is 12.7. The Morgan fingerprint density at radius 3 is 2.88 bits per heavy atom. The van der Waals surface area contributed by atoms with E-state index in [1.54, 1.807) is 25.1 Å². The zero-order valence-corrected chi connectivity index (χ0v) is 14.8. The first-order valence-corrected chi connectivity index (χ1v) is 8.59. The lowest BCUT2D eigenvalue weighted by atomic mass is 10.2. The summed E-state index contributed by atoms with van der Waals surface area (Å²) in [6.45, 7) is 1.80. The van der Waals surface area contributed by atoms with Crippen LogP contribution >= 0.6 is 35.0 Å². The molecule has 0 aliphatic rings. The Morgan fingerprint density at radius 1 is 1.46 bits per heavy atom. The predicted octanol–water partition coefficient (Wildman–Crippen LogP) is 3.24. The van der Waals surface area contributed by atoms with Gasteiger partial charge in [0.1, 0.15) is 11.6 Å². The largest absolute Gasteiger partial charge is 0.324 e. The zero-order chi connectivity index (χ0) is 17.7. The summed E-state index contributed by atoms with van der Waals surface area (Å²) in [6.07, 6.45) is 0.449. The number of thioether (sulfide) groups is 1. The summed E-state index contributed by atoms with van der Waals surface area (Å²) in [5.74, 6) is -0.310. The Hall–Kier alpha value is -2.01. The van der Waals surface area contributed by atoms with Gasteiger partial charge < -0.3 is 10.3 Å². The Kier molecular flexibility index (Phi) is 6.26. The van der Waals surface area contributed by atoms with Gasteiger partial charge in [-0.15, -0.1) is 0 Å². The van der Waals surface area contributed by atoms with Crippen LogP contribution in [-0.2, 0) is 11.2 Å². The summed E-state index contributed by atoms with van der Waals surface area (Å²) >= 11 is 12.9. The predicted molar refractivity (Wildman–Crippen MR) is 94.8 cm³/mol. The normalized spacial score (nSPS) is 10.2. The number of anilines is 1. The number of H-pyrrole nitrogens is 1. The third kappa shape index (κ3) is 4.51. The van der Waals surface area contributed by atoms with Gasteiger partial charge in [-0.1, -0.05) is 41.9 Å². The fraction of sp³-hybridized carbons (Fsp3) is 0.200. The number of halogens is 2. The van der Waals surface area contributed by atoms with Gasteiger partial charge >= 0.3 is 0 Å². The molecule has 0 bridgehead atoms. The van der Waals surface area contributed by atoms with Gasteiger partial charge in [0.15, 0.2) is 5.16 Å². The van der Waals surface area contributed by atoms with Crippen LogP contribution in [0.5, 0.6) is 0 Å². The molecule has 9 heteroatoms. The van der Waals surface area contributed by atoms with E-state index in [2.05, 4.69) is 15.3 Å². The van der Waals surface area contributed by atoms with Crippen molar-refractivity contribution in [2.24, 2.45) is 0 Å². The first-order valence-electron chi connectivity index (χ1n) is 6.85. The van der Waals surface area contributed by atoms with Crippen molar-refractivity contribution in [1.29, 1.82) is 5.26 Å². The number of aromatic nitrogens is 2. The molecule has 0 aliphatic heterocycles. The van der Waals surface area contributed by atoms with Crippen molar-refractivity contribution >= 4 is 46.6 Å². The molecule has 124 valence electrons. The number of rotatable bonds is 5. The molecule has 1 heterocycles. The molecule has 1 aromatic heterocycles. The number of benzene rings is 1. The van der Waals surface area contributed by atoms with E-state index in [0.29, 0.717) is 27.8 Å². The topological polar surface area (TPSA) is 98.6 Å². The van der Waals surface area contributed by atoms with E-state index in [9.17, 15) is 9.59 Å². The fourth-order valence-corrected chi connectivity index (χ4v) is 2.87. The van der Waals surface area contributed by atoms with E-state index in [4.69, 9.17) is 28.5 Å². The lowest BCUT2D eigenvalue weighted by molar-refractivity contribution is -0.113. The van der Waals surface area contributed by atoms with Crippen LogP contribution in [0, 0.1) is 11.3 Å². The number of hydrogen-bond acceptors (Lipinski definition) is 5. The van der Waals surface area contributed by atoms with Crippen molar-refractivity contribution < 1.29 is 4.79 Å². The summed E-state index contributed by atoms with van der Waals surface area (Å²) < 4.78 is 0. The van der Waals surface area contributed by atoms with Crippen LogP contribution in [0.3, 0.4) is 0 Å². The molecule has 0 aliphatic carbocycles. The van der Waals surface area contributed by atoms with Crippen molar-refractivity contribution in [3.8, 4) is 6.07 Å². The van der Waals surface area contributed by atoms with Gasteiger partial charge in [-0.2, -0.15) is 5.26 Å². The van der Waals surface area contributed by atoms with E-state index >= 15 is 0 Å². The number of carbonyl (C=O) groups excluding carboxylic acids is 1. The molecule has 0 radical (unpaired) electrons. The van der Waals surface area contributed by atoms with Crippen molar-refractivity contribution in [2.75, 3.05) is 11.1 Å². The van der Waals surface area contributed by atoms with Crippen molar-refractivity contribution in [3.63, 3.8) is 0 Å². The molecule has 2 rings (SSSR count). The van der Waals surface area contributed by atoms with E-state index in [1.165, 1.54) is 0 Å². The highest BCUT2D eigenvalue weighted by atomic mass is 35.5. The van der Waals surface area contributed by atoms with Crippen LogP contribution < -0.4 is 10.9 Å². The number of aromatic amines is 1. The minimum Gasteiger partial charge on any atom is -0.324 e. The first-order chi connectivity index (χ1) is 11.4. The van der Waals surface area contributed by atoms with Gasteiger partial charge in [0.2, 0.25) is 5.91 Å². The van der Waals surface area contributed by atoms with Gasteiger partial charge in [-0.3, -0.25) is 9.59 Å². The monoisotopic (exact) mass is 382 g/mol. The molecular formula is C15H12Cl2N4O2S. The van der Waals surface area contributed by atoms with E-state index in [-0.39, 0.29) is 22.4 Å². The van der Waals surface area contributed by atoms with Crippen molar-refractivity contribution in [2.45, 2.75) is 18.5 Å². The second-order valence-corrected chi connectivity index (χ2v) is 6.43. The van der Waals surface area contributed by atoms with Crippen LogP contribution in [-0.4, -0.2) is 21.6 Å². The van der Waals surface area contributed by atoms with Crippen LogP contribution in [0.4, 0.5) is 5.69 Å². The molecule has 6 nitrogen and oxygen atoms in total. The minimum absolute atomic E-state index is 0.00277. The van der Waals surface area contributed by atoms with Gasteiger partial charge in [-0.25, -0.2) is 4.98 Å². The average Bonchev–Trinajstić information content (AvgIpc) is 2.55. The zero-order valence-electron chi connectivity index (χ0n) is 12.5. The molecule has 0 atom stereocenters. The maximum atomic E-state index is 12.0. The SMILES string of the molecule is CCc1nc(SCC(=O)Nc2cc(Cl)ccc2Cl)[nH]c(=O)c1C#N. The Balaban J connectivity index is 2.07. The number of nitrogens with zero attached hydrogens (tertiary/aromatic N) is 2. The smallest absolute Gasteiger partial charge is 0.269 e. The van der Waals surface area contributed by atoms with Gasteiger partial charge in [0.25, 0.3) is 5.56 Å². The van der Waals surface area contributed by atoms with Gasteiger partial charge in [-0.05, 0) is 24.6 Å². The standard InChI is InChI=1S/C15H12Cl2N4O2S/c1-2-11-9(6-18)14(23)21-15(20-11)24-7-13(22)19-12-5-8(16)3-4-10(12)17/h3-5H,2,7H2,1H3,(H,19,22)(H,20,21,23). The second kappa shape index (κ2) is 8.20. The number of amides is 1. The Bertz CT molecular complexity index is 877. The van der Waals surface area contributed by atoms with Crippen molar-refractivity contribution in [1.82, 2.24) is 9.97 Å². The van der Waals surface area contributed by atoms with Crippen LogP contribution in [0.2, 0.25) is 10.0 Å². The molecule has 0 unspecified atom stereocenters. The number of nitrogens with one attached hydrogen (secondary N) is 2. The quantitative estimate of drug-likeness (QED) is 0.610. The fourth-order valence-electron chi connectivity index (χ4n) is 1.85.